The fourth-order valence-electron chi connectivity index (χ4n) is 2.59. The SMILES string of the molecule is CCC1C(=O)NC(Cc2ccccc2)C(=O)N1C/C=C/Cl. The summed E-state index contributed by atoms with van der Waals surface area (Å²) in [4.78, 5) is 26.4. The first kappa shape index (κ1) is 15.6. The Morgan fingerprint density at radius 2 is 2.00 bits per heavy atom. The van der Waals surface area contributed by atoms with Crippen molar-refractivity contribution in [3.8, 4) is 0 Å². The molecule has 1 aliphatic rings. The van der Waals surface area contributed by atoms with E-state index in [2.05, 4.69) is 5.32 Å². The highest BCUT2D eigenvalue weighted by atomic mass is 35.5. The first-order valence-electron chi connectivity index (χ1n) is 7.07. The molecule has 0 saturated carbocycles. The van der Waals surface area contributed by atoms with Crippen LogP contribution in [-0.2, 0) is 16.0 Å². The summed E-state index contributed by atoms with van der Waals surface area (Å²) in [5.74, 6) is -0.152. The van der Waals surface area contributed by atoms with Crippen molar-refractivity contribution < 1.29 is 9.59 Å². The molecular formula is C16H19ClN2O2. The van der Waals surface area contributed by atoms with E-state index < -0.39 is 12.1 Å². The largest absolute Gasteiger partial charge is 0.342 e. The molecular weight excluding hydrogens is 288 g/mol. The molecule has 0 bridgehead atoms. The first-order chi connectivity index (χ1) is 10.2. The third-order valence-corrected chi connectivity index (χ3v) is 3.82. The molecule has 2 amide bonds. The Bertz CT molecular complexity index is 530. The smallest absolute Gasteiger partial charge is 0.246 e. The number of piperazine rings is 1. The Morgan fingerprint density at radius 3 is 2.62 bits per heavy atom. The van der Waals surface area contributed by atoms with Gasteiger partial charge in [-0.1, -0.05) is 54.9 Å². The van der Waals surface area contributed by atoms with Crippen LogP contribution in [0.15, 0.2) is 41.9 Å². The Labute approximate surface area is 129 Å². The number of nitrogens with one attached hydrogen (secondary N) is 1. The van der Waals surface area contributed by atoms with Crippen molar-refractivity contribution in [2.45, 2.75) is 31.8 Å². The molecule has 2 rings (SSSR count). The molecule has 21 heavy (non-hydrogen) atoms. The van der Waals surface area contributed by atoms with E-state index in [1.807, 2.05) is 37.3 Å². The standard InChI is InChI=1S/C16H19ClN2O2/c1-2-14-15(20)18-13(11-12-7-4-3-5-8-12)16(21)19(14)10-6-9-17/h3-9,13-14H,2,10-11H2,1H3,(H,18,20)/b9-6+. The number of nitrogens with zero attached hydrogens (tertiary/aromatic N) is 1. The van der Waals surface area contributed by atoms with Crippen LogP contribution in [0.2, 0.25) is 0 Å². The van der Waals surface area contributed by atoms with E-state index >= 15 is 0 Å². The van der Waals surface area contributed by atoms with Crippen molar-refractivity contribution in [1.29, 1.82) is 0 Å². The van der Waals surface area contributed by atoms with Crippen LogP contribution >= 0.6 is 11.6 Å². The van der Waals surface area contributed by atoms with Gasteiger partial charge < -0.3 is 10.2 Å². The lowest BCUT2D eigenvalue weighted by Gasteiger charge is -2.38. The fraction of sp³-hybridized carbons (Fsp3) is 0.375. The lowest BCUT2D eigenvalue weighted by Crippen LogP contribution is -2.63. The van der Waals surface area contributed by atoms with Crippen LogP contribution in [0.25, 0.3) is 0 Å². The van der Waals surface area contributed by atoms with Crippen molar-refractivity contribution >= 4 is 23.4 Å². The summed E-state index contributed by atoms with van der Waals surface area (Å²) < 4.78 is 0. The minimum Gasteiger partial charge on any atom is -0.342 e. The zero-order chi connectivity index (χ0) is 15.2. The van der Waals surface area contributed by atoms with Crippen molar-refractivity contribution in [1.82, 2.24) is 10.2 Å². The van der Waals surface area contributed by atoms with Gasteiger partial charge in [0.1, 0.15) is 12.1 Å². The number of hydrogen-bond donors (Lipinski definition) is 1. The number of benzene rings is 1. The minimum absolute atomic E-state index is 0.0555. The maximum Gasteiger partial charge on any atom is 0.246 e. The van der Waals surface area contributed by atoms with E-state index in [-0.39, 0.29) is 11.8 Å². The third-order valence-electron chi connectivity index (χ3n) is 3.64. The van der Waals surface area contributed by atoms with Crippen molar-refractivity contribution in [3.63, 3.8) is 0 Å². The number of hydrogen-bond acceptors (Lipinski definition) is 2. The molecule has 5 heteroatoms. The maximum atomic E-state index is 12.6. The van der Waals surface area contributed by atoms with Gasteiger partial charge in [0.25, 0.3) is 0 Å². The van der Waals surface area contributed by atoms with Crippen LogP contribution < -0.4 is 5.32 Å². The second-order valence-corrected chi connectivity index (χ2v) is 5.28. The molecule has 112 valence electrons. The Kier molecular flexibility index (Phi) is 5.39. The molecule has 1 aliphatic heterocycles. The number of halogens is 1. The van der Waals surface area contributed by atoms with Crippen molar-refractivity contribution in [3.05, 3.63) is 47.5 Å². The van der Waals surface area contributed by atoms with Gasteiger partial charge in [0.2, 0.25) is 11.8 Å². The highest BCUT2D eigenvalue weighted by molar-refractivity contribution is 6.25. The monoisotopic (exact) mass is 306 g/mol. The topological polar surface area (TPSA) is 49.4 Å². The summed E-state index contributed by atoms with van der Waals surface area (Å²) in [6.07, 6.45) is 2.77. The molecule has 0 aliphatic carbocycles. The molecule has 2 unspecified atom stereocenters. The molecule has 1 aromatic carbocycles. The highest BCUT2D eigenvalue weighted by Gasteiger charge is 2.38. The average molecular weight is 307 g/mol. The maximum absolute atomic E-state index is 12.6. The van der Waals surface area contributed by atoms with Gasteiger partial charge in [-0.15, -0.1) is 0 Å². The van der Waals surface area contributed by atoms with Gasteiger partial charge >= 0.3 is 0 Å². The van der Waals surface area contributed by atoms with E-state index in [1.54, 1.807) is 11.0 Å². The van der Waals surface area contributed by atoms with E-state index in [1.165, 1.54) is 5.54 Å². The fourth-order valence-corrected chi connectivity index (χ4v) is 2.67. The lowest BCUT2D eigenvalue weighted by molar-refractivity contribution is -0.148. The number of carbonyl (C=O) groups excluding carboxylic acids is 2. The van der Waals surface area contributed by atoms with E-state index in [0.29, 0.717) is 19.4 Å². The number of rotatable bonds is 5. The molecule has 2 atom stereocenters. The van der Waals surface area contributed by atoms with Crippen LogP contribution in [0.3, 0.4) is 0 Å². The molecule has 4 nitrogen and oxygen atoms in total. The van der Waals surface area contributed by atoms with Crippen LogP contribution in [0, 0.1) is 0 Å². The van der Waals surface area contributed by atoms with Crippen molar-refractivity contribution in [2.75, 3.05) is 6.54 Å². The summed E-state index contributed by atoms with van der Waals surface area (Å²) in [5, 5.41) is 2.83. The van der Waals surface area contributed by atoms with Gasteiger partial charge in [0.15, 0.2) is 0 Å². The molecule has 1 aromatic rings. The van der Waals surface area contributed by atoms with Crippen LogP contribution in [-0.4, -0.2) is 35.3 Å². The van der Waals surface area contributed by atoms with E-state index in [4.69, 9.17) is 11.6 Å². The van der Waals surface area contributed by atoms with Crippen LogP contribution in [0.4, 0.5) is 0 Å². The summed E-state index contributed by atoms with van der Waals surface area (Å²) in [6, 6.07) is 8.75. The van der Waals surface area contributed by atoms with Crippen LogP contribution in [0.1, 0.15) is 18.9 Å². The molecule has 1 saturated heterocycles. The normalized spacial score (nSPS) is 22.7. The molecule has 1 heterocycles. The third kappa shape index (κ3) is 3.64. The van der Waals surface area contributed by atoms with E-state index in [0.717, 1.165) is 5.56 Å². The summed E-state index contributed by atoms with van der Waals surface area (Å²) in [7, 11) is 0. The molecule has 1 N–H and O–H groups in total. The quantitative estimate of drug-likeness (QED) is 0.905. The second kappa shape index (κ2) is 7.27. The Balaban J connectivity index is 2.16. The number of amides is 2. The predicted molar refractivity (Wildman–Crippen MR) is 82.9 cm³/mol. The van der Waals surface area contributed by atoms with Crippen LogP contribution in [0.5, 0.6) is 0 Å². The molecule has 0 spiro atoms. The second-order valence-electron chi connectivity index (χ2n) is 5.03. The van der Waals surface area contributed by atoms with E-state index in [9.17, 15) is 9.59 Å². The van der Waals surface area contributed by atoms with Gasteiger partial charge in [0, 0.05) is 18.5 Å². The number of carbonyl (C=O) groups is 2. The Morgan fingerprint density at radius 1 is 1.29 bits per heavy atom. The summed E-state index contributed by atoms with van der Waals surface area (Å²) in [6.45, 7) is 2.26. The summed E-state index contributed by atoms with van der Waals surface area (Å²) in [5.41, 5.74) is 2.40. The zero-order valence-corrected chi connectivity index (χ0v) is 12.7. The summed E-state index contributed by atoms with van der Waals surface area (Å²) >= 11 is 5.54. The molecule has 0 radical (unpaired) electrons. The minimum atomic E-state index is -0.508. The van der Waals surface area contributed by atoms with Gasteiger partial charge in [-0.2, -0.15) is 0 Å². The van der Waals surface area contributed by atoms with Gasteiger partial charge in [-0.05, 0) is 12.0 Å². The zero-order valence-electron chi connectivity index (χ0n) is 12.0. The molecule has 0 aromatic heterocycles. The first-order valence-corrected chi connectivity index (χ1v) is 7.51. The van der Waals surface area contributed by atoms with Gasteiger partial charge in [0.05, 0.1) is 0 Å². The molecule has 1 fully saturated rings. The Hall–Kier alpha value is -1.81. The predicted octanol–water partition coefficient (Wildman–Crippen LogP) is 2.09. The van der Waals surface area contributed by atoms with Gasteiger partial charge in [-0.25, -0.2) is 0 Å². The highest BCUT2D eigenvalue weighted by Crippen LogP contribution is 2.16. The van der Waals surface area contributed by atoms with Gasteiger partial charge in [-0.3, -0.25) is 9.59 Å². The average Bonchev–Trinajstić information content (AvgIpc) is 2.50. The lowest BCUT2D eigenvalue weighted by atomic mass is 9.99. The van der Waals surface area contributed by atoms with Crippen molar-refractivity contribution in [2.24, 2.45) is 0 Å².